The number of carbonyl (C=O) groups is 1. The Labute approximate surface area is 139 Å². The summed E-state index contributed by atoms with van der Waals surface area (Å²) in [5, 5.41) is 9.18. The average molecular weight is 328 g/mol. The number of hydrogen-bond donors (Lipinski definition) is 2. The van der Waals surface area contributed by atoms with Crippen LogP contribution in [0, 0.1) is 19.8 Å². The Morgan fingerprint density at radius 2 is 2.17 bits per heavy atom. The van der Waals surface area contributed by atoms with Gasteiger partial charge in [-0.1, -0.05) is 0 Å². The number of hydrogen-bond acceptors (Lipinski definition) is 5. The number of pyridine rings is 1. The zero-order chi connectivity index (χ0) is 17.3. The van der Waals surface area contributed by atoms with Gasteiger partial charge in [0, 0.05) is 36.1 Å². The maximum Gasteiger partial charge on any atom is 0.308 e. The van der Waals surface area contributed by atoms with Gasteiger partial charge in [-0.15, -0.1) is 0 Å². The summed E-state index contributed by atoms with van der Waals surface area (Å²) in [6.07, 6.45) is 3.21. The molecule has 2 aromatic heterocycles. The number of aryl methyl sites for hydroxylation is 1. The summed E-state index contributed by atoms with van der Waals surface area (Å²) in [4.78, 5) is 36.6. The Balaban J connectivity index is 1.83. The third-order valence-electron chi connectivity index (χ3n) is 4.51. The third-order valence-corrected chi connectivity index (χ3v) is 4.51. The molecular formula is C17H20N4O3. The highest BCUT2D eigenvalue weighted by Crippen LogP contribution is 2.23. The van der Waals surface area contributed by atoms with Gasteiger partial charge in [0.1, 0.15) is 11.6 Å². The first-order chi connectivity index (χ1) is 11.5. The summed E-state index contributed by atoms with van der Waals surface area (Å²) < 4.78 is 0. The van der Waals surface area contributed by atoms with Gasteiger partial charge >= 0.3 is 5.97 Å². The van der Waals surface area contributed by atoms with Crippen molar-refractivity contribution in [1.82, 2.24) is 15.0 Å². The van der Waals surface area contributed by atoms with Crippen LogP contribution in [0.1, 0.15) is 24.1 Å². The topological polar surface area (TPSA) is 99.2 Å². The lowest BCUT2D eigenvalue weighted by Crippen LogP contribution is -2.39. The quantitative estimate of drug-likeness (QED) is 0.890. The van der Waals surface area contributed by atoms with E-state index in [1.165, 1.54) is 0 Å². The largest absolute Gasteiger partial charge is 0.481 e. The molecule has 7 nitrogen and oxygen atoms in total. The molecule has 1 aliphatic heterocycles. The molecule has 1 saturated heterocycles. The first-order valence-corrected chi connectivity index (χ1v) is 7.97. The number of carboxylic acid groups (broad SMARTS) is 1. The van der Waals surface area contributed by atoms with Crippen molar-refractivity contribution in [2.24, 2.45) is 5.92 Å². The van der Waals surface area contributed by atoms with Crippen molar-refractivity contribution in [3.05, 3.63) is 39.9 Å². The molecule has 0 radical (unpaired) electrons. The Morgan fingerprint density at radius 3 is 2.79 bits per heavy atom. The highest BCUT2D eigenvalue weighted by atomic mass is 16.4. The van der Waals surface area contributed by atoms with E-state index in [1.807, 2.05) is 17.0 Å². The zero-order valence-electron chi connectivity index (χ0n) is 13.7. The van der Waals surface area contributed by atoms with Crippen molar-refractivity contribution in [3.8, 4) is 11.4 Å². The van der Waals surface area contributed by atoms with E-state index in [2.05, 4.69) is 15.0 Å². The number of nitrogens with zero attached hydrogens (tertiary/aromatic N) is 3. The van der Waals surface area contributed by atoms with E-state index in [0.29, 0.717) is 30.0 Å². The lowest BCUT2D eigenvalue weighted by atomic mass is 9.98. The minimum atomic E-state index is -0.756. The van der Waals surface area contributed by atoms with Gasteiger partial charge in [0.05, 0.1) is 5.92 Å². The predicted molar refractivity (Wildman–Crippen MR) is 90.1 cm³/mol. The van der Waals surface area contributed by atoms with Crippen LogP contribution in [0.25, 0.3) is 11.4 Å². The number of aromatic nitrogens is 3. The molecule has 0 amide bonds. The van der Waals surface area contributed by atoms with E-state index in [1.54, 1.807) is 20.0 Å². The van der Waals surface area contributed by atoms with Crippen molar-refractivity contribution in [2.75, 3.05) is 18.0 Å². The molecule has 0 spiro atoms. The van der Waals surface area contributed by atoms with E-state index in [9.17, 15) is 14.7 Å². The number of carboxylic acids is 1. The molecule has 3 heterocycles. The molecule has 1 atom stereocenters. The second kappa shape index (κ2) is 6.43. The fourth-order valence-electron chi connectivity index (χ4n) is 2.88. The van der Waals surface area contributed by atoms with E-state index in [4.69, 9.17) is 0 Å². The van der Waals surface area contributed by atoms with Gasteiger partial charge in [-0.25, -0.2) is 9.97 Å². The van der Waals surface area contributed by atoms with Crippen molar-refractivity contribution in [2.45, 2.75) is 26.7 Å². The van der Waals surface area contributed by atoms with Crippen LogP contribution in [0.3, 0.4) is 0 Å². The van der Waals surface area contributed by atoms with Crippen LogP contribution < -0.4 is 10.5 Å². The maximum absolute atomic E-state index is 11.9. The minimum absolute atomic E-state index is 0.151. The molecule has 126 valence electrons. The number of anilines is 1. The summed E-state index contributed by atoms with van der Waals surface area (Å²) in [5.74, 6) is 0.131. The van der Waals surface area contributed by atoms with Crippen molar-refractivity contribution in [3.63, 3.8) is 0 Å². The van der Waals surface area contributed by atoms with Crippen LogP contribution in [0.2, 0.25) is 0 Å². The molecule has 0 saturated carbocycles. The monoisotopic (exact) mass is 328 g/mol. The van der Waals surface area contributed by atoms with Gasteiger partial charge in [-0.05, 0) is 38.8 Å². The van der Waals surface area contributed by atoms with E-state index in [0.717, 1.165) is 24.3 Å². The number of H-pyrrole nitrogens is 1. The fraction of sp³-hybridized carbons (Fsp3) is 0.412. The summed E-state index contributed by atoms with van der Waals surface area (Å²) in [6.45, 7) is 4.81. The number of rotatable bonds is 3. The van der Waals surface area contributed by atoms with Gasteiger partial charge in [0.25, 0.3) is 5.56 Å². The zero-order valence-corrected chi connectivity index (χ0v) is 13.7. The minimum Gasteiger partial charge on any atom is -0.481 e. The van der Waals surface area contributed by atoms with Crippen molar-refractivity contribution < 1.29 is 9.90 Å². The third kappa shape index (κ3) is 3.15. The second-order valence-electron chi connectivity index (χ2n) is 6.15. The van der Waals surface area contributed by atoms with Crippen LogP contribution in [-0.4, -0.2) is 39.1 Å². The van der Waals surface area contributed by atoms with Crippen molar-refractivity contribution in [1.29, 1.82) is 0 Å². The lowest BCUT2D eigenvalue weighted by Gasteiger charge is -2.31. The van der Waals surface area contributed by atoms with E-state index in [-0.39, 0.29) is 11.5 Å². The number of aromatic amines is 1. The van der Waals surface area contributed by atoms with Crippen LogP contribution in [-0.2, 0) is 4.79 Å². The Morgan fingerprint density at radius 1 is 1.38 bits per heavy atom. The van der Waals surface area contributed by atoms with E-state index < -0.39 is 5.97 Å². The smallest absolute Gasteiger partial charge is 0.308 e. The van der Waals surface area contributed by atoms with Gasteiger partial charge < -0.3 is 15.0 Å². The van der Waals surface area contributed by atoms with Gasteiger partial charge in [0.2, 0.25) is 0 Å². The average Bonchev–Trinajstić information content (AvgIpc) is 2.59. The molecule has 7 heteroatoms. The van der Waals surface area contributed by atoms with Crippen LogP contribution >= 0.6 is 0 Å². The highest BCUT2D eigenvalue weighted by molar-refractivity contribution is 5.71. The summed E-state index contributed by atoms with van der Waals surface area (Å²) in [7, 11) is 0. The molecule has 2 N–H and O–H groups in total. The van der Waals surface area contributed by atoms with Crippen molar-refractivity contribution >= 4 is 11.8 Å². The van der Waals surface area contributed by atoms with Crippen LogP contribution in [0.5, 0.6) is 0 Å². The molecule has 0 aliphatic carbocycles. The van der Waals surface area contributed by atoms with Gasteiger partial charge in [-0.3, -0.25) is 9.59 Å². The van der Waals surface area contributed by atoms with Crippen LogP contribution in [0.4, 0.5) is 5.82 Å². The lowest BCUT2D eigenvalue weighted by molar-refractivity contribution is -0.141. The standard InChI is InChI=1S/C17H20N4O3/c1-10-11(2)19-15(20-16(10)22)12-5-6-14(18-8-12)21-7-3-4-13(9-21)17(23)24/h5-6,8,13H,3-4,7,9H2,1-2H3,(H,23,24)(H,19,20,22). The fourth-order valence-corrected chi connectivity index (χ4v) is 2.88. The normalized spacial score (nSPS) is 17.8. The van der Waals surface area contributed by atoms with E-state index >= 15 is 0 Å². The Kier molecular flexibility index (Phi) is 4.33. The number of nitrogens with one attached hydrogen (secondary N) is 1. The number of piperidine rings is 1. The highest BCUT2D eigenvalue weighted by Gasteiger charge is 2.26. The molecule has 2 aromatic rings. The molecular weight excluding hydrogens is 308 g/mol. The van der Waals surface area contributed by atoms with Gasteiger partial charge in [0.15, 0.2) is 0 Å². The first-order valence-electron chi connectivity index (χ1n) is 7.97. The first kappa shape index (κ1) is 16.2. The molecule has 0 bridgehead atoms. The predicted octanol–water partition coefficient (Wildman–Crippen LogP) is 1.75. The Hall–Kier alpha value is -2.70. The molecule has 1 fully saturated rings. The SMILES string of the molecule is Cc1nc(-c2ccc(N3CCCC(C(=O)O)C3)nc2)[nH]c(=O)c1C. The molecule has 1 unspecified atom stereocenters. The molecule has 24 heavy (non-hydrogen) atoms. The van der Waals surface area contributed by atoms with Gasteiger partial charge in [-0.2, -0.15) is 0 Å². The number of aliphatic carboxylic acids is 1. The summed E-state index contributed by atoms with van der Waals surface area (Å²) >= 11 is 0. The maximum atomic E-state index is 11.9. The Bertz CT molecular complexity index is 814. The second-order valence-corrected chi connectivity index (χ2v) is 6.15. The molecule has 3 rings (SSSR count). The molecule has 0 aromatic carbocycles. The summed E-state index contributed by atoms with van der Waals surface area (Å²) in [5.41, 5.74) is 1.88. The molecule has 1 aliphatic rings. The summed E-state index contributed by atoms with van der Waals surface area (Å²) in [6, 6.07) is 3.69. The van der Waals surface area contributed by atoms with Crippen LogP contribution in [0.15, 0.2) is 23.1 Å².